The molecule has 0 amide bonds. The molecule has 0 spiro atoms. The molecular weight excluding hydrogens is 219 g/mol. The van der Waals surface area contributed by atoms with E-state index in [0.717, 1.165) is 18.4 Å². The first-order chi connectivity index (χ1) is 7.10. The Morgan fingerprint density at radius 3 is 1.94 bits per heavy atom. The van der Waals surface area contributed by atoms with Crippen molar-refractivity contribution in [3.63, 3.8) is 0 Å². The van der Waals surface area contributed by atoms with Gasteiger partial charge in [-0.1, -0.05) is 0 Å². The summed E-state index contributed by atoms with van der Waals surface area (Å²) in [4.78, 5) is 9.00. The fraction of sp³-hybridized carbons (Fsp3) is 0.364. The van der Waals surface area contributed by atoms with E-state index in [1.807, 2.05) is 31.2 Å². The standard InChI is InChI=1S/C9H12O2.C2H4O2.Na.H/c1-3-11-9-6-4-8(10-2)5-7-9;1-2(3)4;;/h4-7H,3H2,1-2H3;1H3,(H,3,4);;. The Bertz CT molecular complexity index is 281. The molecule has 0 atom stereocenters. The van der Waals surface area contributed by atoms with Crippen molar-refractivity contribution in [2.45, 2.75) is 13.8 Å². The molecule has 4 nitrogen and oxygen atoms in total. The molecule has 0 aliphatic heterocycles. The number of ether oxygens (including phenoxy) is 2. The number of hydrogen-bond donors (Lipinski definition) is 1. The van der Waals surface area contributed by atoms with E-state index in [0.29, 0.717) is 6.61 Å². The van der Waals surface area contributed by atoms with Crippen LogP contribution in [0.25, 0.3) is 0 Å². The third kappa shape index (κ3) is 9.83. The Morgan fingerprint density at radius 2 is 1.62 bits per heavy atom. The second-order valence-electron chi connectivity index (χ2n) is 2.63. The van der Waals surface area contributed by atoms with E-state index in [-0.39, 0.29) is 29.6 Å². The third-order valence-electron chi connectivity index (χ3n) is 1.37. The molecule has 0 bridgehead atoms. The molecule has 0 heterocycles. The minimum atomic E-state index is -0.833. The number of benzene rings is 1. The van der Waals surface area contributed by atoms with Crippen LogP contribution in [0.4, 0.5) is 0 Å². The van der Waals surface area contributed by atoms with Gasteiger partial charge in [0.15, 0.2) is 0 Å². The van der Waals surface area contributed by atoms with Crippen LogP contribution >= 0.6 is 0 Å². The van der Waals surface area contributed by atoms with Gasteiger partial charge >= 0.3 is 29.6 Å². The van der Waals surface area contributed by atoms with Crippen molar-refractivity contribution in [2.75, 3.05) is 13.7 Å². The molecule has 0 aliphatic carbocycles. The van der Waals surface area contributed by atoms with Crippen LogP contribution in [-0.4, -0.2) is 54.3 Å². The summed E-state index contributed by atoms with van der Waals surface area (Å²) < 4.78 is 10.2. The third-order valence-corrected chi connectivity index (χ3v) is 1.37. The number of carboxylic acids is 1. The summed E-state index contributed by atoms with van der Waals surface area (Å²) in [5, 5.41) is 7.42. The molecular formula is C11H17NaO4. The molecule has 0 radical (unpaired) electrons. The average molecular weight is 236 g/mol. The van der Waals surface area contributed by atoms with Crippen molar-refractivity contribution >= 4 is 35.5 Å². The van der Waals surface area contributed by atoms with Gasteiger partial charge in [-0.25, -0.2) is 0 Å². The first kappa shape index (κ1) is 17.7. The van der Waals surface area contributed by atoms with Crippen LogP contribution in [0.15, 0.2) is 24.3 Å². The zero-order valence-corrected chi connectivity index (χ0v) is 9.19. The van der Waals surface area contributed by atoms with E-state index >= 15 is 0 Å². The summed E-state index contributed by atoms with van der Waals surface area (Å²) >= 11 is 0. The molecule has 5 heteroatoms. The molecule has 16 heavy (non-hydrogen) atoms. The summed E-state index contributed by atoms with van der Waals surface area (Å²) in [6, 6.07) is 7.54. The summed E-state index contributed by atoms with van der Waals surface area (Å²) in [5.41, 5.74) is 0. The maximum atomic E-state index is 9.00. The van der Waals surface area contributed by atoms with Crippen LogP contribution in [0.3, 0.4) is 0 Å². The Balaban J connectivity index is 0. The number of carbonyl (C=O) groups is 1. The maximum absolute atomic E-state index is 9.00. The van der Waals surface area contributed by atoms with Crippen LogP contribution in [0.1, 0.15) is 13.8 Å². The predicted molar refractivity (Wildman–Crippen MR) is 64.6 cm³/mol. The van der Waals surface area contributed by atoms with Crippen LogP contribution in [0.2, 0.25) is 0 Å². The molecule has 0 saturated carbocycles. The van der Waals surface area contributed by atoms with Gasteiger partial charge in [-0.3, -0.25) is 4.79 Å². The number of rotatable bonds is 3. The van der Waals surface area contributed by atoms with E-state index in [1.54, 1.807) is 7.11 Å². The van der Waals surface area contributed by atoms with E-state index in [2.05, 4.69) is 0 Å². The number of aliphatic carboxylic acids is 1. The Hall–Kier alpha value is -0.710. The van der Waals surface area contributed by atoms with Crippen molar-refractivity contribution in [1.82, 2.24) is 0 Å². The molecule has 0 unspecified atom stereocenters. The van der Waals surface area contributed by atoms with Crippen molar-refractivity contribution in [2.24, 2.45) is 0 Å². The van der Waals surface area contributed by atoms with Gasteiger partial charge < -0.3 is 14.6 Å². The van der Waals surface area contributed by atoms with Crippen LogP contribution in [0.5, 0.6) is 11.5 Å². The fourth-order valence-electron chi connectivity index (χ4n) is 0.839. The summed E-state index contributed by atoms with van der Waals surface area (Å²) in [6.45, 7) is 3.75. The van der Waals surface area contributed by atoms with Crippen molar-refractivity contribution in [3.8, 4) is 11.5 Å². The fourth-order valence-corrected chi connectivity index (χ4v) is 0.839. The number of hydrogen-bond acceptors (Lipinski definition) is 3. The van der Waals surface area contributed by atoms with E-state index in [9.17, 15) is 0 Å². The monoisotopic (exact) mass is 236 g/mol. The number of carboxylic acid groups (broad SMARTS) is 1. The van der Waals surface area contributed by atoms with Gasteiger partial charge in [0.05, 0.1) is 13.7 Å². The van der Waals surface area contributed by atoms with Gasteiger partial charge in [0.1, 0.15) is 11.5 Å². The SMILES string of the molecule is CC(=O)O.CCOc1ccc(OC)cc1.[NaH]. The number of methoxy groups -OCH3 is 1. The molecule has 1 aromatic rings. The van der Waals surface area contributed by atoms with Crippen molar-refractivity contribution in [1.29, 1.82) is 0 Å². The average Bonchev–Trinajstić information content (AvgIpc) is 2.19. The normalized spacial score (nSPS) is 7.94. The quantitative estimate of drug-likeness (QED) is 0.809. The van der Waals surface area contributed by atoms with Crippen LogP contribution in [0, 0.1) is 0 Å². The second-order valence-corrected chi connectivity index (χ2v) is 2.63. The summed E-state index contributed by atoms with van der Waals surface area (Å²) in [6.07, 6.45) is 0. The first-order valence-electron chi connectivity index (χ1n) is 4.56. The molecule has 0 aromatic heterocycles. The molecule has 1 N–H and O–H groups in total. The van der Waals surface area contributed by atoms with Crippen molar-refractivity contribution < 1.29 is 19.4 Å². The first-order valence-corrected chi connectivity index (χ1v) is 4.56. The van der Waals surface area contributed by atoms with Gasteiger partial charge in [-0.2, -0.15) is 0 Å². The second kappa shape index (κ2) is 10.8. The van der Waals surface area contributed by atoms with Gasteiger partial charge in [0, 0.05) is 6.92 Å². The molecule has 0 aliphatic rings. The summed E-state index contributed by atoms with van der Waals surface area (Å²) in [7, 11) is 1.65. The molecule has 1 aromatic carbocycles. The zero-order chi connectivity index (χ0) is 11.7. The van der Waals surface area contributed by atoms with Crippen LogP contribution < -0.4 is 9.47 Å². The van der Waals surface area contributed by atoms with E-state index in [4.69, 9.17) is 19.4 Å². The molecule has 1 rings (SSSR count). The Kier molecular flexibility index (Phi) is 11.9. The Labute approximate surface area is 118 Å². The van der Waals surface area contributed by atoms with Gasteiger partial charge in [-0.05, 0) is 31.2 Å². The van der Waals surface area contributed by atoms with E-state index in [1.165, 1.54) is 0 Å². The summed E-state index contributed by atoms with van der Waals surface area (Å²) in [5.74, 6) is 0.904. The van der Waals surface area contributed by atoms with Crippen molar-refractivity contribution in [3.05, 3.63) is 24.3 Å². The van der Waals surface area contributed by atoms with Gasteiger partial charge in [0.2, 0.25) is 0 Å². The van der Waals surface area contributed by atoms with E-state index < -0.39 is 5.97 Å². The Morgan fingerprint density at radius 1 is 1.25 bits per heavy atom. The van der Waals surface area contributed by atoms with Crippen LogP contribution in [-0.2, 0) is 4.79 Å². The zero-order valence-electron chi connectivity index (χ0n) is 9.19. The predicted octanol–water partition coefficient (Wildman–Crippen LogP) is 1.54. The minimum absolute atomic E-state index is 0. The van der Waals surface area contributed by atoms with Gasteiger partial charge in [0.25, 0.3) is 5.97 Å². The topological polar surface area (TPSA) is 55.8 Å². The van der Waals surface area contributed by atoms with Gasteiger partial charge in [-0.15, -0.1) is 0 Å². The molecule has 86 valence electrons. The molecule has 0 saturated heterocycles. The molecule has 0 fully saturated rings.